The van der Waals surface area contributed by atoms with Gasteiger partial charge in [-0.15, -0.1) is 0 Å². The van der Waals surface area contributed by atoms with Gasteiger partial charge >= 0.3 is 0 Å². The lowest BCUT2D eigenvalue weighted by Gasteiger charge is -2.12. The average molecular weight is 147 g/mol. The van der Waals surface area contributed by atoms with Crippen molar-refractivity contribution in [1.82, 2.24) is 0 Å². The molecule has 1 fully saturated rings. The van der Waals surface area contributed by atoms with E-state index in [0.29, 0.717) is 0 Å². The Morgan fingerprint density at radius 1 is 1.80 bits per heavy atom. The molecule has 2 nitrogen and oxygen atoms in total. The van der Waals surface area contributed by atoms with Crippen LogP contribution < -0.4 is 0 Å². The minimum Gasteiger partial charge on any atom is -0.378 e. The largest absolute Gasteiger partial charge is 0.378 e. The molecule has 10 heavy (non-hydrogen) atoms. The molecular formula is C6H12BFO2. The average Bonchev–Trinajstić information content (AvgIpc) is 2.28. The van der Waals surface area contributed by atoms with Gasteiger partial charge in [-0.25, -0.2) is 4.39 Å². The van der Waals surface area contributed by atoms with Gasteiger partial charge in [-0.1, -0.05) is 0 Å². The van der Waals surface area contributed by atoms with Crippen LogP contribution in [0.25, 0.3) is 0 Å². The van der Waals surface area contributed by atoms with E-state index < -0.39 is 24.4 Å². The maximum atomic E-state index is 13.1. The van der Waals surface area contributed by atoms with E-state index in [1.54, 1.807) is 7.85 Å². The zero-order valence-electron chi connectivity index (χ0n) is 7.21. The van der Waals surface area contributed by atoms with Crippen molar-refractivity contribution in [2.45, 2.75) is 31.3 Å². The summed E-state index contributed by atoms with van der Waals surface area (Å²) in [7, 11) is 3.10. The summed E-state index contributed by atoms with van der Waals surface area (Å²) in [6.07, 6.45) is -2.04. The van der Waals surface area contributed by atoms with E-state index in [4.69, 9.17) is 10.8 Å². The van der Waals surface area contributed by atoms with Crippen molar-refractivity contribution >= 4 is 7.85 Å². The molecule has 1 saturated heterocycles. The van der Waals surface area contributed by atoms with E-state index in [1.807, 2.05) is 0 Å². The lowest BCUT2D eigenvalue weighted by atomic mass is 9.94. The highest BCUT2D eigenvalue weighted by Crippen LogP contribution is 2.23. The van der Waals surface area contributed by atoms with Gasteiger partial charge in [0, 0.05) is 8.48 Å². The second-order valence-corrected chi connectivity index (χ2v) is 2.52. The first kappa shape index (κ1) is 6.61. The zero-order valence-corrected chi connectivity index (χ0v) is 6.21. The highest BCUT2D eigenvalue weighted by molar-refractivity contribution is 6.11. The summed E-state index contributed by atoms with van der Waals surface area (Å²) in [5.74, 6) is 0. The molecule has 4 atom stereocenters. The van der Waals surface area contributed by atoms with Gasteiger partial charge in [-0.3, -0.25) is 0 Å². The van der Waals surface area contributed by atoms with Gasteiger partial charge in [0.15, 0.2) is 0 Å². The highest BCUT2D eigenvalue weighted by atomic mass is 19.1. The second kappa shape index (κ2) is 2.88. The van der Waals surface area contributed by atoms with E-state index in [9.17, 15) is 4.39 Å². The number of halogens is 1. The summed E-state index contributed by atoms with van der Waals surface area (Å²) in [6.45, 7) is 0.0588. The standard InChI is InChI=1S/C6H12BFO2/c1-3-5(9-2)4(8)6(7)10-3/h3-6H,7H2,1-2H3/t3-,4+,5?,6-/m1/s1/i1D. The molecule has 1 rings (SSSR count). The third kappa shape index (κ3) is 1.18. The molecule has 0 bridgehead atoms. The molecule has 0 spiro atoms. The van der Waals surface area contributed by atoms with Gasteiger partial charge in [0.1, 0.15) is 20.1 Å². The lowest BCUT2D eigenvalue weighted by Crippen LogP contribution is -2.29. The maximum absolute atomic E-state index is 13.1. The number of alkyl halides is 1. The number of hydrogen-bond donors (Lipinski definition) is 0. The predicted molar refractivity (Wildman–Crippen MR) is 38.6 cm³/mol. The Balaban J connectivity index is 2.57. The van der Waals surface area contributed by atoms with Crippen LogP contribution in [0.2, 0.25) is 0 Å². The van der Waals surface area contributed by atoms with Crippen molar-refractivity contribution in [3.63, 3.8) is 0 Å². The fraction of sp³-hybridized carbons (Fsp3) is 1.00. The Morgan fingerprint density at radius 3 is 2.90 bits per heavy atom. The molecular weight excluding hydrogens is 134 g/mol. The molecule has 1 aliphatic rings. The van der Waals surface area contributed by atoms with E-state index in [2.05, 4.69) is 0 Å². The van der Waals surface area contributed by atoms with E-state index in [1.165, 1.54) is 7.11 Å². The Kier molecular flexibility index (Phi) is 1.91. The molecule has 58 valence electrons. The van der Waals surface area contributed by atoms with Crippen LogP contribution in [0, 0.1) is 0 Å². The van der Waals surface area contributed by atoms with E-state index >= 15 is 0 Å². The third-order valence-corrected chi connectivity index (χ3v) is 1.79. The molecule has 0 radical (unpaired) electrons. The van der Waals surface area contributed by atoms with Crippen molar-refractivity contribution in [2.24, 2.45) is 0 Å². The monoisotopic (exact) mass is 147 g/mol. The fourth-order valence-electron chi connectivity index (χ4n) is 1.18. The van der Waals surface area contributed by atoms with Gasteiger partial charge in [-0.05, 0) is 6.90 Å². The van der Waals surface area contributed by atoms with Gasteiger partial charge in [0.25, 0.3) is 0 Å². The topological polar surface area (TPSA) is 18.5 Å². The van der Waals surface area contributed by atoms with Crippen LogP contribution in [0.4, 0.5) is 4.39 Å². The summed E-state index contributed by atoms with van der Waals surface area (Å²) in [5.41, 5.74) is 0. The van der Waals surface area contributed by atoms with Crippen LogP contribution in [0.15, 0.2) is 0 Å². The number of hydrogen-bond acceptors (Lipinski definition) is 2. The quantitative estimate of drug-likeness (QED) is 0.474. The molecule has 0 amide bonds. The molecule has 4 heteroatoms. The summed E-state index contributed by atoms with van der Waals surface area (Å²) in [6, 6.07) is -0.435. The molecule has 0 saturated carbocycles. The van der Waals surface area contributed by atoms with Crippen molar-refractivity contribution < 1.29 is 15.2 Å². The smallest absolute Gasteiger partial charge is 0.147 e. The van der Waals surface area contributed by atoms with Gasteiger partial charge < -0.3 is 9.47 Å². The second-order valence-electron chi connectivity index (χ2n) is 2.52. The van der Waals surface area contributed by atoms with Gasteiger partial charge in [0.2, 0.25) is 0 Å². The van der Waals surface area contributed by atoms with Crippen molar-refractivity contribution in [3.8, 4) is 0 Å². The third-order valence-electron chi connectivity index (χ3n) is 1.79. The normalized spacial score (nSPS) is 49.2. The number of ether oxygens (including phenoxy) is 2. The molecule has 0 aromatic heterocycles. The van der Waals surface area contributed by atoms with Crippen molar-refractivity contribution in [2.75, 3.05) is 7.11 Å². The first-order chi connectivity index (χ1) is 5.20. The minimum atomic E-state index is -1.09. The number of rotatable bonds is 1. The van der Waals surface area contributed by atoms with Crippen molar-refractivity contribution in [1.29, 1.82) is 0 Å². The van der Waals surface area contributed by atoms with Crippen LogP contribution in [0.1, 0.15) is 8.27 Å². The highest BCUT2D eigenvalue weighted by Gasteiger charge is 2.40. The van der Waals surface area contributed by atoms with Gasteiger partial charge in [0.05, 0.1) is 12.1 Å². The fourth-order valence-corrected chi connectivity index (χ4v) is 1.18. The molecule has 0 N–H and O–H groups in total. The summed E-state index contributed by atoms with van der Waals surface area (Å²) >= 11 is 0. The molecule has 0 aromatic rings. The SMILES string of the molecule is [2H]C[C@H]1O[C@@H](B)[C@@H](F)C1OC. The van der Waals surface area contributed by atoms with Gasteiger partial charge in [-0.2, -0.15) is 0 Å². The summed E-state index contributed by atoms with van der Waals surface area (Å²) in [5, 5.41) is 0. The Labute approximate surface area is 62.5 Å². The first-order valence-electron chi connectivity index (χ1n) is 4.03. The zero-order chi connectivity index (χ0) is 8.43. The van der Waals surface area contributed by atoms with Crippen LogP contribution in [-0.2, 0) is 9.47 Å². The van der Waals surface area contributed by atoms with Crippen LogP contribution in [-0.4, -0.2) is 39.3 Å². The summed E-state index contributed by atoms with van der Waals surface area (Å²) in [4.78, 5) is 0. The summed E-state index contributed by atoms with van der Waals surface area (Å²) < 4.78 is 30.1. The van der Waals surface area contributed by atoms with Crippen LogP contribution in [0.3, 0.4) is 0 Å². The first-order valence-corrected chi connectivity index (χ1v) is 3.32. The maximum Gasteiger partial charge on any atom is 0.147 e. The number of methoxy groups -OCH3 is 1. The molecule has 1 heterocycles. The lowest BCUT2D eigenvalue weighted by molar-refractivity contribution is 0.0126. The Morgan fingerprint density at radius 2 is 2.50 bits per heavy atom. The predicted octanol–water partition coefficient (Wildman–Crippen LogP) is -0.283. The molecule has 1 aliphatic heterocycles. The van der Waals surface area contributed by atoms with Crippen LogP contribution in [0.5, 0.6) is 0 Å². The molecule has 1 unspecified atom stereocenters. The molecule has 0 aliphatic carbocycles. The van der Waals surface area contributed by atoms with E-state index in [-0.39, 0.29) is 6.90 Å². The molecule has 0 aromatic carbocycles. The van der Waals surface area contributed by atoms with Crippen molar-refractivity contribution in [3.05, 3.63) is 0 Å². The van der Waals surface area contributed by atoms with E-state index in [0.717, 1.165) is 0 Å². The Bertz CT molecular complexity index is 138. The Hall–Kier alpha value is -0.0851. The van der Waals surface area contributed by atoms with Crippen LogP contribution >= 0.6 is 0 Å². The minimum absolute atomic E-state index is 0.0588.